The molecule has 20 heavy (non-hydrogen) atoms. The molecule has 0 aromatic heterocycles. The number of carbonyl (C=O) groups excluding carboxylic acids is 1. The zero-order chi connectivity index (χ0) is 15.6. The van der Waals surface area contributed by atoms with Crippen LogP contribution in [0.1, 0.15) is 53.9 Å². The summed E-state index contributed by atoms with van der Waals surface area (Å²) in [7, 11) is 1.42. The molecule has 0 radical (unpaired) electrons. The van der Waals surface area contributed by atoms with Crippen LogP contribution in [0.25, 0.3) is 0 Å². The molecule has 0 aromatic carbocycles. The molecule has 0 unspecified atom stereocenters. The van der Waals surface area contributed by atoms with E-state index in [1.165, 1.54) is 7.11 Å². The van der Waals surface area contributed by atoms with E-state index in [0.717, 1.165) is 26.1 Å². The van der Waals surface area contributed by atoms with E-state index in [1.54, 1.807) is 0 Å². The van der Waals surface area contributed by atoms with Crippen LogP contribution >= 0.6 is 0 Å². The first-order chi connectivity index (χ1) is 9.19. The topological polar surface area (TPSA) is 44.8 Å². The lowest BCUT2D eigenvalue weighted by molar-refractivity contribution is -0.151. The van der Waals surface area contributed by atoms with Crippen LogP contribution in [0.2, 0.25) is 0 Å². The Bertz CT molecular complexity index is 266. The molecule has 0 N–H and O–H groups in total. The van der Waals surface area contributed by atoms with Crippen molar-refractivity contribution in [1.82, 2.24) is 0 Å². The molecular formula is C16H32O4. The van der Waals surface area contributed by atoms with Gasteiger partial charge in [0.15, 0.2) is 0 Å². The van der Waals surface area contributed by atoms with Crippen molar-refractivity contribution in [3.8, 4) is 0 Å². The van der Waals surface area contributed by atoms with Crippen LogP contribution in [0.5, 0.6) is 0 Å². The molecule has 0 saturated carbocycles. The van der Waals surface area contributed by atoms with E-state index in [-0.39, 0.29) is 5.97 Å². The molecule has 0 aliphatic rings. The van der Waals surface area contributed by atoms with Gasteiger partial charge in [-0.2, -0.15) is 0 Å². The Hall–Kier alpha value is -0.610. The summed E-state index contributed by atoms with van der Waals surface area (Å²) in [6.45, 7) is 13.2. The molecule has 4 nitrogen and oxygen atoms in total. The number of methoxy groups -OCH3 is 1. The lowest BCUT2D eigenvalue weighted by Crippen LogP contribution is -2.27. The lowest BCUT2D eigenvalue weighted by atomic mass is 9.90. The zero-order valence-corrected chi connectivity index (χ0v) is 14.1. The maximum atomic E-state index is 11.5. The van der Waals surface area contributed by atoms with Gasteiger partial charge in [0.25, 0.3) is 0 Å². The highest BCUT2D eigenvalue weighted by molar-refractivity contribution is 5.75. The van der Waals surface area contributed by atoms with Gasteiger partial charge in [-0.25, -0.2) is 0 Å². The minimum Gasteiger partial charge on any atom is -0.469 e. The number of hydrogen-bond acceptors (Lipinski definition) is 4. The predicted octanol–water partition coefficient (Wildman–Crippen LogP) is 3.44. The molecule has 0 aliphatic heterocycles. The fourth-order valence-electron chi connectivity index (χ4n) is 1.55. The van der Waals surface area contributed by atoms with E-state index in [4.69, 9.17) is 14.2 Å². The average Bonchev–Trinajstić information content (AvgIpc) is 2.34. The van der Waals surface area contributed by atoms with E-state index < -0.39 is 5.41 Å². The number of hydrogen-bond donors (Lipinski definition) is 0. The minimum atomic E-state index is -0.474. The standard InChI is InChI=1S/C16H32O4/c1-15(2,3)8-12-19-10-7-11-20-13-9-16(4,5)14(17)18-6/h7-13H2,1-6H3. The molecule has 0 rings (SSSR count). The largest absolute Gasteiger partial charge is 0.469 e. The first-order valence-corrected chi connectivity index (χ1v) is 7.43. The van der Waals surface area contributed by atoms with Crippen molar-refractivity contribution < 1.29 is 19.0 Å². The molecule has 120 valence electrons. The Morgan fingerprint density at radius 3 is 1.80 bits per heavy atom. The normalized spacial score (nSPS) is 12.5. The van der Waals surface area contributed by atoms with Gasteiger partial charge in [0.2, 0.25) is 0 Å². The second-order valence-corrected chi connectivity index (χ2v) is 7.01. The van der Waals surface area contributed by atoms with Crippen molar-refractivity contribution in [3.63, 3.8) is 0 Å². The summed E-state index contributed by atoms with van der Waals surface area (Å²) in [6.07, 6.45) is 2.63. The Morgan fingerprint density at radius 2 is 1.35 bits per heavy atom. The highest BCUT2D eigenvalue weighted by Gasteiger charge is 2.28. The molecule has 0 fully saturated rings. The lowest BCUT2D eigenvalue weighted by Gasteiger charge is -2.21. The van der Waals surface area contributed by atoms with Crippen LogP contribution in [0.15, 0.2) is 0 Å². The molecule has 0 bridgehead atoms. The number of esters is 1. The van der Waals surface area contributed by atoms with Crippen molar-refractivity contribution in [3.05, 3.63) is 0 Å². The summed E-state index contributed by atoms with van der Waals surface area (Å²) in [5.41, 5.74) is -0.145. The van der Waals surface area contributed by atoms with Gasteiger partial charge < -0.3 is 14.2 Å². The second-order valence-electron chi connectivity index (χ2n) is 7.01. The molecule has 0 saturated heterocycles. The molecule has 0 spiro atoms. The summed E-state index contributed by atoms with van der Waals surface area (Å²) >= 11 is 0. The molecule has 0 heterocycles. The minimum absolute atomic E-state index is 0.188. The summed E-state index contributed by atoms with van der Waals surface area (Å²) in [5, 5.41) is 0. The highest BCUT2D eigenvalue weighted by Crippen LogP contribution is 2.21. The predicted molar refractivity (Wildman–Crippen MR) is 80.7 cm³/mol. The van der Waals surface area contributed by atoms with Crippen LogP contribution in [0.4, 0.5) is 0 Å². The smallest absolute Gasteiger partial charge is 0.311 e. The first kappa shape index (κ1) is 19.4. The number of rotatable bonds is 10. The number of ether oxygens (including phenoxy) is 3. The van der Waals surface area contributed by atoms with Crippen molar-refractivity contribution in [2.45, 2.75) is 53.9 Å². The molecule has 0 amide bonds. The fourth-order valence-corrected chi connectivity index (χ4v) is 1.55. The molecular weight excluding hydrogens is 256 g/mol. The van der Waals surface area contributed by atoms with Gasteiger partial charge in [-0.3, -0.25) is 4.79 Å². The summed E-state index contributed by atoms with van der Waals surface area (Å²) in [5.74, 6) is -0.188. The quantitative estimate of drug-likeness (QED) is 0.456. The molecule has 0 aromatic rings. The molecule has 0 atom stereocenters. The molecule has 4 heteroatoms. The molecule has 0 aliphatic carbocycles. The third kappa shape index (κ3) is 10.2. The number of carbonyl (C=O) groups is 1. The van der Waals surface area contributed by atoms with Crippen molar-refractivity contribution in [2.75, 3.05) is 33.5 Å². The van der Waals surface area contributed by atoms with E-state index in [2.05, 4.69) is 20.8 Å². The van der Waals surface area contributed by atoms with Crippen LogP contribution in [-0.2, 0) is 19.0 Å². The van der Waals surface area contributed by atoms with Gasteiger partial charge in [-0.05, 0) is 38.5 Å². The maximum absolute atomic E-state index is 11.5. The third-order valence-electron chi connectivity index (χ3n) is 3.18. The van der Waals surface area contributed by atoms with Gasteiger partial charge in [0.05, 0.1) is 12.5 Å². The van der Waals surface area contributed by atoms with Gasteiger partial charge in [0.1, 0.15) is 0 Å². The van der Waals surface area contributed by atoms with E-state index in [1.807, 2.05) is 13.8 Å². The van der Waals surface area contributed by atoms with Crippen molar-refractivity contribution in [1.29, 1.82) is 0 Å². The third-order valence-corrected chi connectivity index (χ3v) is 3.18. The highest BCUT2D eigenvalue weighted by atomic mass is 16.5. The Labute approximate surface area is 124 Å². The maximum Gasteiger partial charge on any atom is 0.311 e. The fraction of sp³-hybridized carbons (Fsp3) is 0.938. The van der Waals surface area contributed by atoms with Crippen LogP contribution in [0.3, 0.4) is 0 Å². The summed E-state index contributed by atoms with van der Waals surface area (Å²) < 4.78 is 15.8. The summed E-state index contributed by atoms with van der Waals surface area (Å²) in [6, 6.07) is 0. The van der Waals surface area contributed by atoms with Gasteiger partial charge in [0, 0.05) is 26.4 Å². The Morgan fingerprint density at radius 1 is 0.850 bits per heavy atom. The SMILES string of the molecule is COC(=O)C(C)(C)CCOCCCOCCC(C)(C)C. The average molecular weight is 288 g/mol. The van der Waals surface area contributed by atoms with Crippen LogP contribution in [0, 0.1) is 10.8 Å². The van der Waals surface area contributed by atoms with E-state index >= 15 is 0 Å². The Kier molecular flexibility index (Phi) is 9.06. The van der Waals surface area contributed by atoms with E-state index in [9.17, 15) is 4.79 Å². The van der Waals surface area contributed by atoms with Crippen molar-refractivity contribution >= 4 is 5.97 Å². The van der Waals surface area contributed by atoms with Crippen molar-refractivity contribution in [2.24, 2.45) is 10.8 Å². The monoisotopic (exact) mass is 288 g/mol. The summed E-state index contributed by atoms with van der Waals surface area (Å²) in [4.78, 5) is 11.5. The van der Waals surface area contributed by atoms with Gasteiger partial charge in [-0.15, -0.1) is 0 Å². The van der Waals surface area contributed by atoms with E-state index in [0.29, 0.717) is 25.0 Å². The van der Waals surface area contributed by atoms with Gasteiger partial charge in [-0.1, -0.05) is 20.8 Å². The van der Waals surface area contributed by atoms with Gasteiger partial charge >= 0.3 is 5.97 Å². The Balaban J connectivity index is 3.44. The van der Waals surface area contributed by atoms with Crippen LogP contribution in [-0.4, -0.2) is 39.5 Å². The first-order valence-electron chi connectivity index (χ1n) is 7.43. The van der Waals surface area contributed by atoms with Crippen LogP contribution < -0.4 is 0 Å². The zero-order valence-electron chi connectivity index (χ0n) is 14.1. The second kappa shape index (κ2) is 9.35.